The molecular formula is C24H22N4O. The number of rotatable bonds is 5. The summed E-state index contributed by atoms with van der Waals surface area (Å²) >= 11 is 0. The molecule has 0 aliphatic carbocycles. The summed E-state index contributed by atoms with van der Waals surface area (Å²) in [6.07, 6.45) is 0. The lowest BCUT2D eigenvalue weighted by atomic mass is 10.0. The number of hydrogen-bond donors (Lipinski definition) is 2. The van der Waals surface area contributed by atoms with Crippen LogP contribution in [0.1, 0.15) is 22.9 Å². The minimum Gasteiger partial charge on any atom is -0.494 e. The zero-order valence-corrected chi connectivity index (χ0v) is 16.2. The minimum atomic E-state index is 0.109. The number of nitrogens with one attached hydrogen (secondary N) is 2. The van der Waals surface area contributed by atoms with Crippen molar-refractivity contribution in [2.24, 2.45) is 0 Å². The molecular weight excluding hydrogens is 360 g/mol. The van der Waals surface area contributed by atoms with Gasteiger partial charge < -0.3 is 15.4 Å². The third kappa shape index (κ3) is 3.25. The smallest absolute Gasteiger partial charge is 0.145 e. The van der Waals surface area contributed by atoms with E-state index in [2.05, 4.69) is 41.0 Å². The Kier molecular flexibility index (Phi) is 4.48. The van der Waals surface area contributed by atoms with Crippen LogP contribution in [0.2, 0.25) is 0 Å². The maximum absolute atomic E-state index is 5.60. The second-order valence-corrected chi connectivity index (χ2v) is 7.15. The number of para-hydroxylation sites is 2. The summed E-state index contributed by atoms with van der Waals surface area (Å²) in [5.41, 5.74) is 4.42. The fourth-order valence-corrected chi connectivity index (χ4v) is 3.89. The Morgan fingerprint density at radius 2 is 1.79 bits per heavy atom. The highest BCUT2D eigenvalue weighted by Crippen LogP contribution is 2.37. The lowest BCUT2D eigenvalue weighted by molar-refractivity contribution is 0.418. The van der Waals surface area contributed by atoms with Gasteiger partial charge in [0.15, 0.2) is 0 Å². The summed E-state index contributed by atoms with van der Waals surface area (Å²) in [4.78, 5) is 9.88. The molecule has 5 nitrogen and oxygen atoms in total. The zero-order valence-electron chi connectivity index (χ0n) is 16.2. The fourth-order valence-electron chi connectivity index (χ4n) is 3.89. The van der Waals surface area contributed by atoms with Gasteiger partial charge in [0.25, 0.3) is 0 Å². The molecule has 2 N–H and O–H groups in total. The molecule has 1 atom stereocenters. The number of benzene rings is 3. The number of anilines is 2. The van der Waals surface area contributed by atoms with Gasteiger partial charge in [-0.1, -0.05) is 54.6 Å². The molecule has 1 unspecified atom stereocenters. The summed E-state index contributed by atoms with van der Waals surface area (Å²) < 4.78 is 5.60. The monoisotopic (exact) mass is 382 g/mol. The quantitative estimate of drug-likeness (QED) is 0.519. The van der Waals surface area contributed by atoms with Crippen molar-refractivity contribution in [1.29, 1.82) is 0 Å². The Bertz CT molecular complexity index is 1160. The first kappa shape index (κ1) is 17.5. The van der Waals surface area contributed by atoms with Crippen molar-refractivity contribution >= 4 is 22.4 Å². The molecule has 3 aromatic carbocycles. The van der Waals surface area contributed by atoms with Crippen molar-refractivity contribution in [2.45, 2.75) is 12.5 Å². The first-order valence-corrected chi connectivity index (χ1v) is 9.79. The third-order valence-electron chi connectivity index (χ3n) is 5.37. The van der Waals surface area contributed by atoms with E-state index in [1.165, 1.54) is 11.1 Å². The third-order valence-corrected chi connectivity index (χ3v) is 5.37. The second kappa shape index (κ2) is 7.43. The predicted octanol–water partition coefficient (Wildman–Crippen LogP) is 4.81. The molecule has 0 fully saturated rings. The molecule has 0 amide bonds. The van der Waals surface area contributed by atoms with E-state index in [9.17, 15) is 0 Å². The molecule has 0 radical (unpaired) electrons. The van der Waals surface area contributed by atoms with Gasteiger partial charge in [0.2, 0.25) is 0 Å². The summed E-state index contributed by atoms with van der Waals surface area (Å²) in [6, 6.07) is 24.6. The van der Waals surface area contributed by atoms with Gasteiger partial charge in [-0.2, -0.15) is 0 Å². The van der Waals surface area contributed by atoms with E-state index >= 15 is 0 Å². The van der Waals surface area contributed by atoms with Crippen LogP contribution in [0.3, 0.4) is 0 Å². The van der Waals surface area contributed by atoms with Gasteiger partial charge in [0.05, 0.1) is 13.0 Å². The van der Waals surface area contributed by atoms with Crippen LogP contribution in [0.4, 0.5) is 11.5 Å². The highest BCUT2D eigenvalue weighted by molar-refractivity contribution is 5.93. The molecule has 0 bridgehead atoms. The van der Waals surface area contributed by atoms with Crippen molar-refractivity contribution in [3.63, 3.8) is 0 Å². The van der Waals surface area contributed by atoms with Gasteiger partial charge in [-0.3, -0.25) is 0 Å². The normalized spacial score (nSPS) is 15.0. The molecule has 0 spiro atoms. The molecule has 1 aromatic heterocycles. The zero-order chi connectivity index (χ0) is 19.6. The average Bonchev–Trinajstić information content (AvgIpc) is 3.22. The van der Waals surface area contributed by atoms with Crippen molar-refractivity contribution in [1.82, 2.24) is 9.97 Å². The van der Waals surface area contributed by atoms with Gasteiger partial charge in [0, 0.05) is 24.2 Å². The molecule has 4 aromatic rings. The van der Waals surface area contributed by atoms with E-state index in [0.29, 0.717) is 6.54 Å². The lowest BCUT2D eigenvalue weighted by Gasteiger charge is -2.15. The van der Waals surface area contributed by atoms with Gasteiger partial charge in [-0.25, -0.2) is 9.97 Å². The largest absolute Gasteiger partial charge is 0.494 e. The van der Waals surface area contributed by atoms with E-state index in [1.807, 2.05) is 42.5 Å². The van der Waals surface area contributed by atoms with Crippen molar-refractivity contribution in [3.8, 4) is 5.75 Å². The van der Waals surface area contributed by atoms with E-state index in [4.69, 9.17) is 14.7 Å². The van der Waals surface area contributed by atoms with Crippen molar-refractivity contribution in [2.75, 3.05) is 24.3 Å². The Hall–Kier alpha value is -3.60. The Labute approximate surface area is 169 Å². The number of fused-ring (bicyclic) bond motifs is 2. The SMILES string of the molecule is COc1cccc2c(NCc3ccccc3)nc(C3CNc4ccccc43)nc12. The highest BCUT2D eigenvalue weighted by atomic mass is 16.5. The van der Waals surface area contributed by atoms with Crippen LogP contribution in [0.5, 0.6) is 5.75 Å². The van der Waals surface area contributed by atoms with Crippen LogP contribution < -0.4 is 15.4 Å². The number of methoxy groups -OCH3 is 1. The minimum absolute atomic E-state index is 0.109. The summed E-state index contributed by atoms with van der Waals surface area (Å²) in [5, 5.41) is 7.95. The first-order chi connectivity index (χ1) is 14.3. The summed E-state index contributed by atoms with van der Waals surface area (Å²) in [5.74, 6) is 2.50. The van der Waals surface area contributed by atoms with Crippen molar-refractivity contribution < 1.29 is 4.74 Å². The topological polar surface area (TPSA) is 59.1 Å². The summed E-state index contributed by atoms with van der Waals surface area (Å²) in [7, 11) is 1.68. The molecule has 1 aliphatic heterocycles. The van der Waals surface area contributed by atoms with E-state index in [1.54, 1.807) is 7.11 Å². The number of aromatic nitrogens is 2. The first-order valence-electron chi connectivity index (χ1n) is 9.79. The van der Waals surface area contributed by atoms with E-state index < -0.39 is 0 Å². The van der Waals surface area contributed by atoms with Crippen molar-refractivity contribution in [3.05, 3.63) is 89.7 Å². The Balaban J connectivity index is 1.60. The molecule has 5 heteroatoms. The predicted molar refractivity (Wildman–Crippen MR) is 117 cm³/mol. The fraction of sp³-hybridized carbons (Fsp3) is 0.167. The highest BCUT2D eigenvalue weighted by Gasteiger charge is 2.27. The molecule has 29 heavy (non-hydrogen) atoms. The van der Waals surface area contributed by atoms with Crippen LogP contribution in [0.25, 0.3) is 10.9 Å². The van der Waals surface area contributed by atoms with Crippen LogP contribution >= 0.6 is 0 Å². The number of hydrogen-bond acceptors (Lipinski definition) is 5. The maximum atomic E-state index is 5.60. The molecule has 5 rings (SSSR count). The molecule has 2 heterocycles. The van der Waals surface area contributed by atoms with Crippen LogP contribution in [0, 0.1) is 0 Å². The van der Waals surface area contributed by atoms with E-state index in [-0.39, 0.29) is 5.92 Å². The second-order valence-electron chi connectivity index (χ2n) is 7.15. The number of ether oxygens (including phenoxy) is 1. The number of nitrogens with zero attached hydrogens (tertiary/aromatic N) is 2. The van der Waals surface area contributed by atoms with Gasteiger partial charge >= 0.3 is 0 Å². The molecule has 0 saturated carbocycles. The molecule has 0 saturated heterocycles. The van der Waals surface area contributed by atoms with Crippen LogP contribution in [0.15, 0.2) is 72.8 Å². The van der Waals surface area contributed by atoms with Gasteiger partial charge in [0.1, 0.15) is 22.9 Å². The van der Waals surface area contributed by atoms with Crippen LogP contribution in [-0.2, 0) is 6.54 Å². The lowest BCUT2D eigenvalue weighted by Crippen LogP contribution is -2.12. The molecule has 144 valence electrons. The average molecular weight is 382 g/mol. The van der Waals surface area contributed by atoms with Gasteiger partial charge in [-0.15, -0.1) is 0 Å². The Morgan fingerprint density at radius 1 is 0.966 bits per heavy atom. The molecule has 1 aliphatic rings. The van der Waals surface area contributed by atoms with E-state index in [0.717, 1.165) is 40.5 Å². The summed E-state index contributed by atoms with van der Waals surface area (Å²) in [6.45, 7) is 1.49. The standard InChI is InChI=1S/C24H22N4O/c1-29-21-13-7-11-18-22(21)27-24(19-15-25-20-12-6-5-10-17(19)20)28-23(18)26-14-16-8-3-2-4-9-16/h2-13,19,25H,14-15H2,1H3,(H,26,27,28). The van der Waals surface area contributed by atoms with Crippen LogP contribution in [-0.4, -0.2) is 23.6 Å². The van der Waals surface area contributed by atoms with Gasteiger partial charge in [-0.05, 0) is 29.3 Å². The maximum Gasteiger partial charge on any atom is 0.145 e. The Morgan fingerprint density at radius 3 is 2.66 bits per heavy atom.